The number of nitrogens with one attached hydrogen (secondary N) is 2. The van der Waals surface area contributed by atoms with Crippen molar-refractivity contribution in [2.75, 3.05) is 25.0 Å². The van der Waals surface area contributed by atoms with Gasteiger partial charge < -0.3 is 15.5 Å². The summed E-state index contributed by atoms with van der Waals surface area (Å²) in [5.41, 5.74) is 3.25. The van der Waals surface area contributed by atoms with Gasteiger partial charge >= 0.3 is 0 Å². The SMILES string of the molecule is C=C(c1ccccc1)N1CCC(CCCCCCN/C(=N/C#N)Nc2ccncc2)C1. The Hall–Kier alpha value is -3.33. The van der Waals surface area contributed by atoms with Crippen molar-refractivity contribution in [3.8, 4) is 6.19 Å². The molecule has 2 aromatic rings. The van der Waals surface area contributed by atoms with Crippen LogP contribution >= 0.6 is 0 Å². The van der Waals surface area contributed by atoms with E-state index < -0.39 is 0 Å². The number of pyridine rings is 1. The van der Waals surface area contributed by atoms with Crippen molar-refractivity contribution in [3.05, 3.63) is 67.0 Å². The van der Waals surface area contributed by atoms with Crippen LogP contribution in [0.5, 0.6) is 0 Å². The number of aromatic nitrogens is 1. The molecule has 2 N–H and O–H groups in total. The molecule has 162 valence electrons. The largest absolute Gasteiger partial charge is 0.371 e. The van der Waals surface area contributed by atoms with Gasteiger partial charge in [0.1, 0.15) is 0 Å². The first-order valence-electron chi connectivity index (χ1n) is 11.1. The molecule has 2 heterocycles. The van der Waals surface area contributed by atoms with E-state index in [4.69, 9.17) is 5.26 Å². The van der Waals surface area contributed by atoms with Crippen LogP contribution in [-0.2, 0) is 0 Å². The van der Waals surface area contributed by atoms with E-state index in [1.165, 1.54) is 37.7 Å². The number of unbranched alkanes of at least 4 members (excludes halogenated alkanes) is 3. The van der Waals surface area contributed by atoms with Crippen LogP contribution in [0.1, 0.15) is 44.1 Å². The van der Waals surface area contributed by atoms with Crippen LogP contribution in [0.4, 0.5) is 5.69 Å². The third-order valence-electron chi connectivity index (χ3n) is 5.71. The fourth-order valence-electron chi connectivity index (χ4n) is 3.98. The summed E-state index contributed by atoms with van der Waals surface area (Å²) in [6.07, 6.45) is 12.5. The highest BCUT2D eigenvalue weighted by molar-refractivity contribution is 5.94. The second kappa shape index (κ2) is 12.4. The van der Waals surface area contributed by atoms with Crippen LogP contribution in [0, 0.1) is 17.4 Å². The van der Waals surface area contributed by atoms with E-state index >= 15 is 0 Å². The normalized spacial score (nSPS) is 16.0. The molecule has 1 aliphatic rings. The van der Waals surface area contributed by atoms with E-state index in [2.05, 4.69) is 56.4 Å². The molecule has 0 bridgehead atoms. The van der Waals surface area contributed by atoms with E-state index in [9.17, 15) is 0 Å². The number of hydrogen-bond donors (Lipinski definition) is 2. The lowest BCUT2D eigenvalue weighted by molar-refractivity contribution is 0.430. The van der Waals surface area contributed by atoms with Crippen LogP contribution < -0.4 is 10.6 Å². The van der Waals surface area contributed by atoms with E-state index in [1.54, 1.807) is 12.4 Å². The van der Waals surface area contributed by atoms with Crippen LogP contribution in [0.25, 0.3) is 5.70 Å². The van der Waals surface area contributed by atoms with Gasteiger partial charge in [-0.2, -0.15) is 5.26 Å². The monoisotopic (exact) mass is 416 g/mol. The summed E-state index contributed by atoms with van der Waals surface area (Å²) in [5, 5.41) is 15.2. The van der Waals surface area contributed by atoms with Crippen molar-refractivity contribution in [3.63, 3.8) is 0 Å². The summed E-state index contributed by atoms with van der Waals surface area (Å²) in [6, 6.07) is 14.2. The summed E-state index contributed by atoms with van der Waals surface area (Å²) < 4.78 is 0. The zero-order valence-electron chi connectivity index (χ0n) is 18.1. The fraction of sp³-hybridized carbons (Fsp3) is 0.400. The molecule has 3 rings (SSSR count). The van der Waals surface area contributed by atoms with Crippen molar-refractivity contribution in [2.24, 2.45) is 10.9 Å². The van der Waals surface area contributed by atoms with Crippen LogP contribution in [0.15, 0.2) is 66.4 Å². The minimum Gasteiger partial charge on any atom is -0.371 e. The van der Waals surface area contributed by atoms with Crippen LogP contribution in [-0.4, -0.2) is 35.5 Å². The minimum absolute atomic E-state index is 0.485. The van der Waals surface area contributed by atoms with Gasteiger partial charge in [0.15, 0.2) is 0 Å². The molecule has 0 radical (unpaired) electrons. The average molecular weight is 417 g/mol. The molecule has 1 aromatic heterocycles. The van der Waals surface area contributed by atoms with Crippen LogP contribution in [0.2, 0.25) is 0 Å². The molecule has 0 aliphatic carbocycles. The molecular weight excluding hydrogens is 384 g/mol. The third kappa shape index (κ3) is 7.45. The Morgan fingerprint density at radius 1 is 1.13 bits per heavy atom. The number of rotatable bonds is 10. The van der Waals surface area contributed by atoms with Gasteiger partial charge in [0.25, 0.3) is 0 Å². The van der Waals surface area contributed by atoms with Crippen molar-refractivity contribution in [1.29, 1.82) is 5.26 Å². The van der Waals surface area contributed by atoms with Crippen LogP contribution in [0.3, 0.4) is 0 Å². The van der Waals surface area contributed by atoms with Crippen molar-refractivity contribution < 1.29 is 0 Å². The van der Waals surface area contributed by atoms with Gasteiger partial charge in [0, 0.05) is 43.4 Å². The van der Waals surface area contributed by atoms with E-state index in [0.29, 0.717) is 5.96 Å². The highest BCUT2D eigenvalue weighted by Gasteiger charge is 2.23. The number of nitriles is 1. The maximum Gasteiger partial charge on any atom is 0.211 e. The molecule has 6 heteroatoms. The van der Waals surface area contributed by atoms with Crippen molar-refractivity contribution in [1.82, 2.24) is 15.2 Å². The highest BCUT2D eigenvalue weighted by Crippen LogP contribution is 2.28. The van der Waals surface area contributed by atoms with E-state index in [-0.39, 0.29) is 0 Å². The quantitative estimate of drug-likeness (QED) is 0.250. The van der Waals surface area contributed by atoms with Gasteiger partial charge in [-0.3, -0.25) is 4.98 Å². The molecule has 1 aromatic carbocycles. The Morgan fingerprint density at radius 3 is 2.68 bits per heavy atom. The third-order valence-corrected chi connectivity index (χ3v) is 5.71. The lowest BCUT2D eigenvalue weighted by atomic mass is 10.00. The molecule has 1 saturated heterocycles. The first kappa shape index (κ1) is 22.4. The molecule has 1 aliphatic heterocycles. The molecular formula is C25H32N6. The number of nitrogens with zero attached hydrogens (tertiary/aromatic N) is 4. The highest BCUT2D eigenvalue weighted by atomic mass is 15.2. The van der Waals surface area contributed by atoms with E-state index in [1.807, 2.05) is 24.4 Å². The number of hydrogen-bond acceptors (Lipinski definition) is 4. The Labute approximate surface area is 185 Å². The fourth-order valence-corrected chi connectivity index (χ4v) is 3.98. The zero-order chi connectivity index (χ0) is 21.7. The van der Waals surface area contributed by atoms with Gasteiger partial charge in [-0.25, -0.2) is 0 Å². The lowest BCUT2D eigenvalue weighted by Crippen LogP contribution is -2.31. The van der Waals surface area contributed by atoms with Gasteiger partial charge in [-0.15, -0.1) is 4.99 Å². The van der Waals surface area contributed by atoms with Crippen molar-refractivity contribution >= 4 is 17.3 Å². The number of guanidine groups is 1. The maximum atomic E-state index is 8.87. The summed E-state index contributed by atoms with van der Waals surface area (Å²) in [6.45, 7) is 7.35. The first-order valence-corrected chi connectivity index (χ1v) is 11.1. The Kier molecular flexibility index (Phi) is 8.93. The summed E-state index contributed by atoms with van der Waals surface area (Å²) >= 11 is 0. The molecule has 0 amide bonds. The van der Waals surface area contributed by atoms with Gasteiger partial charge in [0.05, 0.1) is 0 Å². The topological polar surface area (TPSA) is 76.3 Å². The number of anilines is 1. The molecule has 0 saturated carbocycles. The van der Waals surface area contributed by atoms with Gasteiger partial charge in [-0.05, 0) is 42.9 Å². The Bertz CT molecular complexity index is 872. The Morgan fingerprint density at radius 2 is 1.90 bits per heavy atom. The summed E-state index contributed by atoms with van der Waals surface area (Å²) in [4.78, 5) is 10.2. The summed E-state index contributed by atoms with van der Waals surface area (Å²) in [5.74, 6) is 1.26. The molecule has 1 unspecified atom stereocenters. The lowest BCUT2D eigenvalue weighted by Gasteiger charge is -2.21. The maximum absolute atomic E-state index is 8.87. The zero-order valence-corrected chi connectivity index (χ0v) is 18.1. The average Bonchev–Trinajstić information content (AvgIpc) is 3.28. The molecule has 31 heavy (non-hydrogen) atoms. The second-order valence-corrected chi connectivity index (χ2v) is 7.96. The minimum atomic E-state index is 0.485. The first-order chi connectivity index (χ1) is 15.3. The summed E-state index contributed by atoms with van der Waals surface area (Å²) in [7, 11) is 0. The number of likely N-dealkylation sites (tertiary alicyclic amines) is 1. The van der Waals surface area contributed by atoms with E-state index in [0.717, 1.165) is 43.4 Å². The second-order valence-electron chi connectivity index (χ2n) is 7.96. The molecule has 1 fully saturated rings. The van der Waals surface area contributed by atoms with Crippen molar-refractivity contribution in [2.45, 2.75) is 38.5 Å². The predicted octanol–water partition coefficient (Wildman–Crippen LogP) is 4.86. The smallest absolute Gasteiger partial charge is 0.211 e. The molecule has 0 spiro atoms. The predicted molar refractivity (Wildman–Crippen MR) is 127 cm³/mol. The molecule has 6 nitrogen and oxygen atoms in total. The van der Waals surface area contributed by atoms with Gasteiger partial charge in [0.2, 0.25) is 12.2 Å². The molecule has 1 atom stereocenters. The Balaban J connectivity index is 1.26. The standard InChI is InChI=1S/C25H32N6/c1-21(23-10-6-4-7-11-23)31-18-14-22(19-31)9-5-2-3-8-15-28-25(29-20-26)30-24-12-16-27-17-13-24/h4,6-7,10-13,16-17,22H,1-3,5,8-9,14-15,18-19H2,(H2,27,28,29,30). The van der Waals surface area contributed by atoms with Gasteiger partial charge in [-0.1, -0.05) is 56.2 Å². The number of benzene rings is 1. The number of aliphatic imine (C=N–C) groups is 1.